The monoisotopic (exact) mass is 414 g/mol. The van der Waals surface area contributed by atoms with Crippen molar-refractivity contribution < 1.29 is 18.6 Å². The van der Waals surface area contributed by atoms with E-state index in [4.69, 9.17) is 19.2 Å². The fraction of sp³-hybridized carbons (Fsp3) is 0.318. The summed E-state index contributed by atoms with van der Waals surface area (Å²) in [7, 11) is 3.26. The molecule has 0 atom stereocenters. The third-order valence-corrected chi connectivity index (χ3v) is 5.91. The van der Waals surface area contributed by atoms with E-state index in [9.17, 15) is 4.39 Å². The third-order valence-electron chi connectivity index (χ3n) is 5.01. The maximum Gasteiger partial charge on any atom is 0.203 e. The van der Waals surface area contributed by atoms with E-state index in [1.165, 1.54) is 12.1 Å². The van der Waals surface area contributed by atoms with Crippen molar-refractivity contribution in [2.45, 2.75) is 18.9 Å². The lowest BCUT2D eigenvalue weighted by atomic mass is 10.1. The number of methoxy groups -OCH3 is 2. The van der Waals surface area contributed by atoms with E-state index in [1.54, 1.807) is 37.7 Å². The van der Waals surface area contributed by atoms with Gasteiger partial charge in [0.1, 0.15) is 11.9 Å². The summed E-state index contributed by atoms with van der Waals surface area (Å²) >= 11 is 1.61. The molecule has 2 heterocycles. The largest absolute Gasteiger partial charge is 0.493 e. The topological polar surface area (TPSA) is 43.8 Å². The first kappa shape index (κ1) is 19.5. The first-order chi connectivity index (χ1) is 14.2. The second-order valence-corrected chi connectivity index (χ2v) is 7.65. The number of aromatic nitrogens is 1. The molecule has 0 radical (unpaired) electrons. The fourth-order valence-electron chi connectivity index (χ4n) is 3.43. The summed E-state index contributed by atoms with van der Waals surface area (Å²) in [6, 6.07) is 12.1. The molecule has 2 aromatic carbocycles. The number of ether oxygens (including phenoxy) is 3. The van der Waals surface area contributed by atoms with Gasteiger partial charge in [0.25, 0.3) is 0 Å². The fourth-order valence-corrected chi connectivity index (χ4v) is 4.32. The van der Waals surface area contributed by atoms with Crippen molar-refractivity contribution in [2.24, 2.45) is 0 Å². The van der Waals surface area contributed by atoms with E-state index in [2.05, 4.69) is 4.90 Å². The summed E-state index contributed by atoms with van der Waals surface area (Å²) < 4.78 is 30.2. The predicted molar refractivity (Wildman–Crippen MR) is 113 cm³/mol. The highest BCUT2D eigenvalue weighted by Gasteiger charge is 2.25. The Labute approximate surface area is 173 Å². The number of anilines is 1. The smallest absolute Gasteiger partial charge is 0.203 e. The maximum absolute atomic E-state index is 13.1. The van der Waals surface area contributed by atoms with Crippen LogP contribution in [-0.4, -0.2) is 38.4 Å². The Morgan fingerprint density at radius 3 is 2.28 bits per heavy atom. The van der Waals surface area contributed by atoms with Gasteiger partial charge in [-0.3, -0.25) is 0 Å². The highest BCUT2D eigenvalue weighted by atomic mass is 32.1. The van der Waals surface area contributed by atoms with Crippen LogP contribution in [-0.2, 0) is 0 Å². The third kappa shape index (κ3) is 4.29. The lowest BCUT2D eigenvalue weighted by Crippen LogP contribution is -2.38. The van der Waals surface area contributed by atoms with Crippen LogP contribution in [0.4, 0.5) is 9.52 Å². The summed E-state index contributed by atoms with van der Waals surface area (Å²) in [5.74, 6) is 1.77. The van der Waals surface area contributed by atoms with Gasteiger partial charge in [-0.2, -0.15) is 0 Å². The lowest BCUT2D eigenvalue weighted by Gasteiger charge is -2.32. The number of para-hydroxylation sites is 1. The molecule has 29 heavy (non-hydrogen) atoms. The van der Waals surface area contributed by atoms with E-state index in [0.717, 1.165) is 42.3 Å². The van der Waals surface area contributed by atoms with E-state index in [1.807, 2.05) is 23.6 Å². The molecule has 152 valence electrons. The second kappa shape index (κ2) is 8.69. The summed E-state index contributed by atoms with van der Waals surface area (Å²) in [5, 5.41) is 3.00. The Kier molecular flexibility index (Phi) is 5.85. The molecule has 0 unspecified atom stereocenters. The molecular formula is C22H23FN2O3S. The molecule has 0 spiro atoms. The predicted octanol–water partition coefficient (Wildman–Crippen LogP) is 5.01. The standard InChI is InChI=1S/C22H23FN2O3S/c1-26-19-4-3-5-20(27-2)21(19)28-17-10-12-25(13-11-17)22-24-18(14-29-22)15-6-8-16(23)9-7-15/h3-9,14,17H,10-13H2,1-2H3. The van der Waals surface area contributed by atoms with Crippen molar-refractivity contribution in [2.75, 3.05) is 32.2 Å². The Balaban J connectivity index is 1.40. The van der Waals surface area contributed by atoms with Crippen molar-refractivity contribution >= 4 is 16.5 Å². The summed E-state index contributed by atoms with van der Waals surface area (Å²) in [5.41, 5.74) is 1.80. The van der Waals surface area contributed by atoms with Crippen molar-refractivity contribution in [3.8, 4) is 28.5 Å². The minimum Gasteiger partial charge on any atom is -0.493 e. The zero-order chi connectivity index (χ0) is 20.2. The summed E-state index contributed by atoms with van der Waals surface area (Å²) in [6.07, 6.45) is 1.85. The molecule has 4 rings (SSSR count). The van der Waals surface area contributed by atoms with Crippen LogP contribution >= 0.6 is 11.3 Å². The summed E-state index contributed by atoms with van der Waals surface area (Å²) in [4.78, 5) is 7.01. The number of hydrogen-bond donors (Lipinski definition) is 0. The number of halogens is 1. The van der Waals surface area contributed by atoms with Gasteiger partial charge in [0.05, 0.1) is 19.9 Å². The van der Waals surface area contributed by atoms with Gasteiger partial charge in [-0.05, 0) is 36.4 Å². The highest BCUT2D eigenvalue weighted by Crippen LogP contribution is 2.39. The molecule has 0 N–H and O–H groups in total. The Hall–Kier alpha value is -2.80. The van der Waals surface area contributed by atoms with Gasteiger partial charge in [-0.1, -0.05) is 6.07 Å². The lowest BCUT2D eigenvalue weighted by molar-refractivity contribution is 0.158. The van der Waals surface area contributed by atoms with Crippen LogP contribution in [0, 0.1) is 5.82 Å². The van der Waals surface area contributed by atoms with Crippen molar-refractivity contribution in [3.63, 3.8) is 0 Å². The molecular weight excluding hydrogens is 391 g/mol. The molecule has 1 saturated heterocycles. The van der Waals surface area contributed by atoms with Crippen LogP contribution in [0.2, 0.25) is 0 Å². The average molecular weight is 415 g/mol. The van der Waals surface area contributed by atoms with Gasteiger partial charge in [-0.15, -0.1) is 11.3 Å². The number of piperidine rings is 1. The number of thiazole rings is 1. The van der Waals surface area contributed by atoms with E-state index < -0.39 is 0 Å². The van der Waals surface area contributed by atoms with E-state index >= 15 is 0 Å². The summed E-state index contributed by atoms with van der Waals surface area (Å²) in [6.45, 7) is 1.72. The van der Waals surface area contributed by atoms with E-state index in [-0.39, 0.29) is 11.9 Å². The molecule has 0 saturated carbocycles. The molecule has 0 amide bonds. The Morgan fingerprint density at radius 1 is 1.00 bits per heavy atom. The van der Waals surface area contributed by atoms with Gasteiger partial charge in [0, 0.05) is 36.9 Å². The molecule has 0 aliphatic carbocycles. The van der Waals surface area contributed by atoms with Crippen LogP contribution in [0.1, 0.15) is 12.8 Å². The van der Waals surface area contributed by atoms with Gasteiger partial charge in [0.2, 0.25) is 5.75 Å². The number of rotatable bonds is 6. The molecule has 1 aliphatic rings. The minimum atomic E-state index is -0.238. The first-order valence-electron chi connectivity index (χ1n) is 9.52. The van der Waals surface area contributed by atoms with Crippen molar-refractivity contribution in [3.05, 3.63) is 53.7 Å². The molecule has 3 aromatic rings. The van der Waals surface area contributed by atoms with Gasteiger partial charge in [-0.25, -0.2) is 9.37 Å². The molecule has 1 fully saturated rings. The minimum absolute atomic E-state index is 0.0907. The number of hydrogen-bond acceptors (Lipinski definition) is 6. The van der Waals surface area contributed by atoms with Crippen LogP contribution in [0.5, 0.6) is 17.2 Å². The second-order valence-electron chi connectivity index (χ2n) is 6.82. The van der Waals surface area contributed by atoms with Crippen molar-refractivity contribution in [1.82, 2.24) is 4.98 Å². The SMILES string of the molecule is COc1cccc(OC)c1OC1CCN(c2nc(-c3ccc(F)cc3)cs2)CC1. The molecule has 1 aliphatic heterocycles. The first-order valence-corrected chi connectivity index (χ1v) is 10.4. The normalized spacial score (nSPS) is 14.7. The zero-order valence-electron chi connectivity index (χ0n) is 16.4. The van der Waals surface area contributed by atoms with Gasteiger partial charge in [0.15, 0.2) is 16.6 Å². The maximum atomic E-state index is 13.1. The molecule has 1 aromatic heterocycles. The molecule has 7 heteroatoms. The average Bonchev–Trinajstić information content (AvgIpc) is 3.25. The zero-order valence-corrected chi connectivity index (χ0v) is 17.2. The Morgan fingerprint density at radius 2 is 1.66 bits per heavy atom. The number of nitrogens with zero attached hydrogens (tertiary/aromatic N) is 2. The van der Waals surface area contributed by atoms with Crippen LogP contribution in [0.25, 0.3) is 11.3 Å². The Bertz CT molecular complexity index is 931. The van der Waals surface area contributed by atoms with E-state index in [0.29, 0.717) is 17.2 Å². The van der Waals surface area contributed by atoms with Crippen LogP contribution < -0.4 is 19.1 Å². The molecule has 0 bridgehead atoms. The highest BCUT2D eigenvalue weighted by molar-refractivity contribution is 7.14. The quantitative estimate of drug-likeness (QED) is 0.567. The van der Waals surface area contributed by atoms with Crippen molar-refractivity contribution in [1.29, 1.82) is 0 Å². The van der Waals surface area contributed by atoms with Crippen LogP contribution in [0.3, 0.4) is 0 Å². The molecule has 5 nitrogen and oxygen atoms in total. The van der Waals surface area contributed by atoms with Crippen LogP contribution in [0.15, 0.2) is 47.8 Å². The number of benzene rings is 2. The van der Waals surface area contributed by atoms with Gasteiger partial charge >= 0.3 is 0 Å². The van der Waals surface area contributed by atoms with Gasteiger partial charge < -0.3 is 19.1 Å².